The van der Waals surface area contributed by atoms with Gasteiger partial charge >= 0.3 is 5.69 Å². The zero-order chi connectivity index (χ0) is 14.7. The molecule has 0 atom stereocenters. The third-order valence-electron chi connectivity index (χ3n) is 2.61. The van der Waals surface area contributed by atoms with Gasteiger partial charge in [-0.05, 0) is 40.5 Å². The third kappa shape index (κ3) is 3.45. The number of carbonyl (C=O) groups excluding carboxylic acids is 1. The molecule has 1 aromatic carbocycles. The van der Waals surface area contributed by atoms with E-state index in [9.17, 15) is 14.4 Å². The summed E-state index contributed by atoms with van der Waals surface area (Å²) in [7, 11) is 0. The van der Waals surface area contributed by atoms with Gasteiger partial charge in [0.2, 0.25) is 5.91 Å². The summed E-state index contributed by atoms with van der Waals surface area (Å²) in [6, 6.07) is 6.71. The zero-order valence-electron chi connectivity index (χ0n) is 10.6. The summed E-state index contributed by atoms with van der Waals surface area (Å²) in [6.07, 6.45) is 1.28. The fraction of sp³-hybridized carbons (Fsp3) is 0.154. The molecule has 2 rings (SSSR count). The number of aromatic amines is 1. The summed E-state index contributed by atoms with van der Waals surface area (Å²) in [5, 5.41) is 2.69. The molecule has 1 amide bonds. The van der Waals surface area contributed by atoms with Gasteiger partial charge < -0.3 is 5.32 Å². The molecule has 0 aliphatic rings. The Kier molecular flexibility index (Phi) is 4.19. The van der Waals surface area contributed by atoms with Crippen molar-refractivity contribution in [3.63, 3.8) is 0 Å². The minimum absolute atomic E-state index is 0.171. The Morgan fingerprint density at radius 3 is 2.75 bits per heavy atom. The maximum Gasteiger partial charge on any atom is 0.328 e. The molecule has 0 aliphatic heterocycles. The van der Waals surface area contributed by atoms with E-state index in [1.54, 1.807) is 6.07 Å². The highest BCUT2D eigenvalue weighted by Gasteiger charge is 2.07. The van der Waals surface area contributed by atoms with Crippen LogP contribution in [0, 0.1) is 6.92 Å². The number of nitrogens with zero attached hydrogens (tertiary/aromatic N) is 1. The van der Waals surface area contributed by atoms with Gasteiger partial charge in [0.15, 0.2) is 0 Å². The van der Waals surface area contributed by atoms with E-state index in [0.29, 0.717) is 5.69 Å². The van der Waals surface area contributed by atoms with Crippen molar-refractivity contribution in [2.45, 2.75) is 13.5 Å². The van der Waals surface area contributed by atoms with Crippen LogP contribution in [0.3, 0.4) is 0 Å². The van der Waals surface area contributed by atoms with Crippen LogP contribution in [-0.4, -0.2) is 15.5 Å². The molecule has 6 nitrogen and oxygen atoms in total. The van der Waals surface area contributed by atoms with Gasteiger partial charge in [-0.2, -0.15) is 0 Å². The number of aryl methyl sites for hydroxylation is 1. The fourth-order valence-corrected chi connectivity index (χ4v) is 2.23. The predicted molar refractivity (Wildman–Crippen MR) is 78.8 cm³/mol. The van der Waals surface area contributed by atoms with Crippen LogP contribution in [0.2, 0.25) is 0 Å². The van der Waals surface area contributed by atoms with Crippen LogP contribution in [0.5, 0.6) is 0 Å². The van der Waals surface area contributed by atoms with Crippen molar-refractivity contribution in [3.8, 4) is 0 Å². The Bertz CT molecular complexity index is 764. The number of amides is 1. The topological polar surface area (TPSA) is 84.0 Å². The summed E-state index contributed by atoms with van der Waals surface area (Å²) < 4.78 is 1.89. The summed E-state index contributed by atoms with van der Waals surface area (Å²) >= 11 is 3.35. The van der Waals surface area contributed by atoms with Crippen molar-refractivity contribution < 1.29 is 4.79 Å². The summed E-state index contributed by atoms with van der Waals surface area (Å²) in [5.74, 6) is -0.358. The van der Waals surface area contributed by atoms with E-state index in [0.717, 1.165) is 14.6 Å². The van der Waals surface area contributed by atoms with Crippen LogP contribution in [0.15, 0.2) is 44.5 Å². The van der Waals surface area contributed by atoms with Crippen molar-refractivity contribution in [1.82, 2.24) is 9.55 Å². The lowest BCUT2D eigenvalue weighted by atomic mass is 10.2. The molecule has 0 saturated heterocycles. The van der Waals surface area contributed by atoms with Gasteiger partial charge in [0.1, 0.15) is 6.54 Å². The van der Waals surface area contributed by atoms with E-state index < -0.39 is 11.2 Å². The summed E-state index contributed by atoms with van der Waals surface area (Å²) in [4.78, 5) is 36.3. The van der Waals surface area contributed by atoms with Gasteiger partial charge in [0.25, 0.3) is 5.56 Å². The van der Waals surface area contributed by atoms with Crippen molar-refractivity contribution in [2.75, 3.05) is 5.32 Å². The standard InChI is InChI=1S/C13H12BrN3O3/c1-8-2-3-10(9(14)6-8)15-12(19)7-17-5-4-11(18)16-13(17)20/h2-6H,7H2,1H3,(H,15,19)(H,16,18,20). The number of carbonyl (C=O) groups is 1. The van der Waals surface area contributed by atoms with Crippen molar-refractivity contribution in [3.05, 3.63) is 61.3 Å². The molecule has 7 heteroatoms. The first-order valence-corrected chi connectivity index (χ1v) is 6.61. The van der Waals surface area contributed by atoms with Crippen molar-refractivity contribution >= 4 is 27.5 Å². The van der Waals surface area contributed by atoms with Gasteiger partial charge in [-0.3, -0.25) is 19.1 Å². The van der Waals surface area contributed by atoms with Crippen LogP contribution in [0.1, 0.15) is 5.56 Å². The Morgan fingerprint density at radius 1 is 1.35 bits per heavy atom. The third-order valence-corrected chi connectivity index (χ3v) is 3.27. The molecule has 2 aromatic rings. The Labute approximate surface area is 122 Å². The SMILES string of the molecule is Cc1ccc(NC(=O)Cn2ccc(=O)[nH]c2=O)c(Br)c1. The predicted octanol–water partition coefficient (Wildman–Crippen LogP) is 1.25. The normalized spacial score (nSPS) is 10.3. The zero-order valence-corrected chi connectivity index (χ0v) is 12.2. The molecule has 0 fully saturated rings. The van der Waals surface area contributed by atoms with Gasteiger partial charge in [-0.1, -0.05) is 6.07 Å². The number of rotatable bonds is 3. The molecule has 1 aromatic heterocycles. The van der Waals surface area contributed by atoms with E-state index in [2.05, 4.69) is 26.2 Å². The van der Waals surface area contributed by atoms with Gasteiger partial charge in [0, 0.05) is 16.7 Å². The summed E-state index contributed by atoms with van der Waals surface area (Å²) in [5.41, 5.74) is 0.577. The molecule has 0 unspecified atom stereocenters. The lowest BCUT2D eigenvalue weighted by Crippen LogP contribution is -2.32. The highest BCUT2D eigenvalue weighted by Crippen LogP contribution is 2.23. The minimum Gasteiger partial charge on any atom is -0.324 e. The molecule has 0 saturated carbocycles. The first-order chi connectivity index (χ1) is 9.45. The second-order valence-corrected chi connectivity index (χ2v) is 5.12. The van der Waals surface area contributed by atoms with Gasteiger partial charge in [0.05, 0.1) is 5.69 Å². The Hall–Kier alpha value is -2.15. The second kappa shape index (κ2) is 5.87. The van der Waals surface area contributed by atoms with Crippen LogP contribution in [-0.2, 0) is 11.3 Å². The Morgan fingerprint density at radius 2 is 2.10 bits per heavy atom. The van der Waals surface area contributed by atoms with Gasteiger partial charge in [-0.15, -0.1) is 0 Å². The Balaban J connectivity index is 2.13. The number of anilines is 1. The molecular weight excluding hydrogens is 326 g/mol. The number of hydrogen-bond donors (Lipinski definition) is 2. The highest BCUT2D eigenvalue weighted by molar-refractivity contribution is 9.10. The molecule has 0 radical (unpaired) electrons. The van der Waals surface area contributed by atoms with E-state index in [1.807, 2.05) is 19.1 Å². The van der Waals surface area contributed by atoms with Crippen LogP contribution < -0.4 is 16.6 Å². The molecular formula is C13H12BrN3O3. The van der Waals surface area contributed by atoms with E-state index in [-0.39, 0.29) is 12.5 Å². The van der Waals surface area contributed by atoms with Crippen LogP contribution in [0.25, 0.3) is 0 Å². The summed E-state index contributed by atoms with van der Waals surface area (Å²) in [6.45, 7) is 1.77. The number of benzene rings is 1. The van der Waals surface area contributed by atoms with Gasteiger partial charge in [-0.25, -0.2) is 4.79 Å². The monoisotopic (exact) mass is 337 g/mol. The first-order valence-electron chi connectivity index (χ1n) is 5.81. The number of hydrogen-bond acceptors (Lipinski definition) is 3. The maximum absolute atomic E-state index is 11.9. The largest absolute Gasteiger partial charge is 0.328 e. The fourth-order valence-electron chi connectivity index (χ4n) is 1.63. The number of nitrogens with one attached hydrogen (secondary N) is 2. The quantitative estimate of drug-likeness (QED) is 0.883. The number of H-pyrrole nitrogens is 1. The molecule has 0 bridgehead atoms. The maximum atomic E-state index is 11.9. The highest BCUT2D eigenvalue weighted by atomic mass is 79.9. The van der Waals surface area contributed by atoms with Crippen molar-refractivity contribution in [1.29, 1.82) is 0 Å². The smallest absolute Gasteiger partial charge is 0.324 e. The van der Waals surface area contributed by atoms with Crippen LogP contribution in [0.4, 0.5) is 5.69 Å². The van der Waals surface area contributed by atoms with Crippen molar-refractivity contribution in [2.24, 2.45) is 0 Å². The molecule has 0 aliphatic carbocycles. The number of aromatic nitrogens is 2. The molecule has 20 heavy (non-hydrogen) atoms. The number of halogens is 1. The van der Waals surface area contributed by atoms with E-state index >= 15 is 0 Å². The second-order valence-electron chi connectivity index (χ2n) is 4.27. The molecule has 104 valence electrons. The average Bonchev–Trinajstić information content (AvgIpc) is 2.36. The molecule has 0 spiro atoms. The minimum atomic E-state index is -0.615. The molecule has 1 heterocycles. The average molecular weight is 338 g/mol. The van der Waals surface area contributed by atoms with Crippen LogP contribution >= 0.6 is 15.9 Å². The first kappa shape index (κ1) is 14.3. The lowest BCUT2D eigenvalue weighted by Gasteiger charge is -2.09. The van der Waals surface area contributed by atoms with E-state index in [4.69, 9.17) is 0 Å². The lowest BCUT2D eigenvalue weighted by molar-refractivity contribution is -0.116. The molecule has 2 N–H and O–H groups in total. The van der Waals surface area contributed by atoms with E-state index in [1.165, 1.54) is 12.3 Å².